The highest BCUT2D eigenvalue weighted by atomic mass is 16.4. The zero-order valence-electron chi connectivity index (χ0n) is 18.0. The standard InChI is InChI=1S/C23H43NO3/c1-4-7-8-9-10-11-12-13-14-15-16-17-18-19-21(20-22(25)26)23(27)24(5-2)6-3/h10-11,21H,4-9,12-20H2,1-3H3,(H,25,26)/b11-10+. The summed E-state index contributed by atoms with van der Waals surface area (Å²) in [5, 5.41) is 9.09. The molecule has 1 N–H and O–H groups in total. The fourth-order valence-corrected chi connectivity index (χ4v) is 3.43. The van der Waals surface area contributed by atoms with Crippen molar-refractivity contribution in [3.63, 3.8) is 0 Å². The van der Waals surface area contributed by atoms with Crippen LogP contribution in [-0.4, -0.2) is 35.0 Å². The Labute approximate surface area is 167 Å². The van der Waals surface area contributed by atoms with E-state index in [0.29, 0.717) is 19.5 Å². The third kappa shape index (κ3) is 14.4. The first-order valence-corrected chi connectivity index (χ1v) is 11.2. The van der Waals surface area contributed by atoms with Gasteiger partial charge in [-0.25, -0.2) is 0 Å². The molecule has 1 unspecified atom stereocenters. The van der Waals surface area contributed by atoms with Gasteiger partial charge in [0.1, 0.15) is 0 Å². The molecule has 0 spiro atoms. The predicted molar refractivity (Wildman–Crippen MR) is 114 cm³/mol. The van der Waals surface area contributed by atoms with Crippen LogP contribution in [0.15, 0.2) is 12.2 Å². The smallest absolute Gasteiger partial charge is 0.304 e. The van der Waals surface area contributed by atoms with E-state index >= 15 is 0 Å². The Hall–Kier alpha value is -1.32. The van der Waals surface area contributed by atoms with Crippen molar-refractivity contribution in [1.82, 2.24) is 4.90 Å². The van der Waals surface area contributed by atoms with Gasteiger partial charge in [0.25, 0.3) is 0 Å². The van der Waals surface area contributed by atoms with Gasteiger partial charge in [-0.15, -0.1) is 0 Å². The van der Waals surface area contributed by atoms with Crippen LogP contribution in [0.3, 0.4) is 0 Å². The van der Waals surface area contributed by atoms with Crippen molar-refractivity contribution in [1.29, 1.82) is 0 Å². The molecule has 0 saturated heterocycles. The number of carboxylic acid groups (broad SMARTS) is 1. The average molecular weight is 382 g/mol. The Kier molecular flexibility index (Phi) is 17.2. The second-order valence-corrected chi connectivity index (χ2v) is 7.47. The molecule has 0 radical (unpaired) electrons. The van der Waals surface area contributed by atoms with Crippen molar-refractivity contribution in [3.8, 4) is 0 Å². The maximum absolute atomic E-state index is 12.4. The number of hydrogen-bond donors (Lipinski definition) is 1. The summed E-state index contributed by atoms with van der Waals surface area (Å²) < 4.78 is 0. The average Bonchev–Trinajstić information content (AvgIpc) is 2.65. The Bertz CT molecular complexity index is 402. The van der Waals surface area contributed by atoms with Crippen LogP contribution < -0.4 is 0 Å². The topological polar surface area (TPSA) is 57.6 Å². The number of rotatable bonds is 18. The molecule has 158 valence electrons. The van der Waals surface area contributed by atoms with E-state index < -0.39 is 5.97 Å². The van der Waals surface area contributed by atoms with Crippen LogP contribution in [0.25, 0.3) is 0 Å². The predicted octanol–water partition coefficient (Wildman–Crippen LogP) is 6.20. The van der Waals surface area contributed by atoms with Crippen molar-refractivity contribution in [3.05, 3.63) is 12.2 Å². The fraction of sp³-hybridized carbons (Fsp3) is 0.826. The number of nitrogens with zero attached hydrogens (tertiary/aromatic N) is 1. The number of unbranched alkanes of at least 4 members (excludes halogenated alkanes) is 9. The van der Waals surface area contributed by atoms with Crippen LogP contribution in [0.4, 0.5) is 0 Å². The molecule has 0 aliphatic heterocycles. The number of hydrogen-bond acceptors (Lipinski definition) is 2. The van der Waals surface area contributed by atoms with Gasteiger partial charge in [-0.2, -0.15) is 0 Å². The fourth-order valence-electron chi connectivity index (χ4n) is 3.43. The van der Waals surface area contributed by atoms with Gasteiger partial charge in [-0.05, 0) is 46.0 Å². The van der Waals surface area contributed by atoms with Gasteiger partial charge in [0, 0.05) is 19.0 Å². The maximum Gasteiger partial charge on any atom is 0.304 e. The summed E-state index contributed by atoms with van der Waals surface area (Å²) in [7, 11) is 0. The molecular weight excluding hydrogens is 338 g/mol. The van der Waals surface area contributed by atoms with Gasteiger partial charge in [-0.1, -0.05) is 64.0 Å². The largest absolute Gasteiger partial charge is 0.481 e. The summed E-state index contributed by atoms with van der Waals surface area (Å²) >= 11 is 0. The maximum atomic E-state index is 12.4. The minimum absolute atomic E-state index is 0.00752. The second kappa shape index (κ2) is 18.1. The summed E-state index contributed by atoms with van der Waals surface area (Å²) in [4.78, 5) is 25.3. The number of carboxylic acids is 1. The first kappa shape index (κ1) is 25.7. The van der Waals surface area contributed by atoms with E-state index in [2.05, 4.69) is 19.1 Å². The zero-order valence-corrected chi connectivity index (χ0v) is 18.0. The van der Waals surface area contributed by atoms with Crippen LogP contribution in [0.1, 0.15) is 104 Å². The molecule has 0 aromatic carbocycles. The SMILES string of the molecule is CCCCC/C=C/CCCCCCCCC(CC(=O)O)C(=O)N(CC)CC. The van der Waals surface area contributed by atoms with Crippen molar-refractivity contribution < 1.29 is 14.7 Å². The van der Waals surface area contributed by atoms with E-state index in [1.165, 1.54) is 57.8 Å². The Morgan fingerprint density at radius 2 is 1.33 bits per heavy atom. The van der Waals surface area contributed by atoms with Gasteiger partial charge < -0.3 is 10.0 Å². The van der Waals surface area contributed by atoms with Crippen LogP contribution in [0.2, 0.25) is 0 Å². The summed E-state index contributed by atoms with van der Waals surface area (Å²) in [6.07, 6.45) is 18.6. The summed E-state index contributed by atoms with van der Waals surface area (Å²) in [5.74, 6) is -1.23. The molecule has 0 aliphatic carbocycles. The molecule has 0 rings (SSSR count). The third-order valence-electron chi connectivity index (χ3n) is 5.16. The molecule has 27 heavy (non-hydrogen) atoms. The molecule has 0 bridgehead atoms. The monoisotopic (exact) mass is 381 g/mol. The minimum atomic E-state index is -0.872. The summed E-state index contributed by atoms with van der Waals surface area (Å²) in [5.41, 5.74) is 0. The molecule has 0 fully saturated rings. The molecule has 4 nitrogen and oxygen atoms in total. The van der Waals surface area contributed by atoms with Crippen molar-refractivity contribution in [2.75, 3.05) is 13.1 Å². The highest BCUT2D eigenvalue weighted by Gasteiger charge is 2.24. The van der Waals surface area contributed by atoms with E-state index in [0.717, 1.165) is 12.8 Å². The summed E-state index contributed by atoms with van der Waals surface area (Å²) in [6, 6.07) is 0. The number of aliphatic carboxylic acids is 1. The van der Waals surface area contributed by atoms with Crippen LogP contribution in [0.5, 0.6) is 0 Å². The molecule has 0 aromatic rings. The molecule has 1 amide bonds. The first-order chi connectivity index (χ1) is 13.1. The molecule has 0 heterocycles. The molecule has 0 saturated carbocycles. The minimum Gasteiger partial charge on any atom is -0.481 e. The molecule has 0 aliphatic rings. The summed E-state index contributed by atoms with van der Waals surface area (Å²) in [6.45, 7) is 7.43. The molecule has 4 heteroatoms. The van der Waals surface area contributed by atoms with E-state index in [1.807, 2.05) is 13.8 Å². The Morgan fingerprint density at radius 3 is 1.85 bits per heavy atom. The van der Waals surface area contributed by atoms with E-state index in [1.54, 1.807) is 4.90 Å². The lowest BCUT2D eigenvalue weighted by Crippen LogP contribution is -2.36. The normalized spacial score (nSPS) is 12.4. The second-order valence-electron chi connectivity index (χ2n) is 7.47. The van der Waals surface area contributed by atoms with Crippen LogP contribution in [-0.2, 0) is 9.59 Å². The van der Waals surface area contributed by atoms with Crippen molar-refractivity contribution in [2.45, 2.75) is 104 Å². The van der Waals surface area contributed by atoms with Gasteiger partial charge in [0.2, 0.25) is 5.91 Å². The van der Waals surface area contributed by atoms with Crippen molar-refractivity contribution in [2.24, 2.45) is 5.92 Å². The highest BCUT2D eigenvalue weighted by molar-refractivity contribution is 5.83. The lowest BCUT2D eigenvalue weighted by molar-refractivity contribution is -0.144. The molecule has 0 aromatic heterocycles. The Balaban J connectivity index is 3.82. The number of carbonyl (C=O) groups excluding carboxylic acids is 1. The quantitative estimate of drug-likeness (QED) is 0.227. The van der Waals surface area contributed by atoms with Gasteiger partial charge >= 0.3 is 5.97 Å². The van der Waals surface area contributed by atoms with E-state index in [4.69, 9.17) is 5.11 Å². The zero-order chi connectivity index (χ0) is 20.3. The number of allylic oxidation sites excluding steroid dienone is 2. The van der Waals surface area contributed by atoms with E-state index in [-0.39, 0.29) is 18.2 Å². The highest BCUT2D eigenvalue weighted by Crippen LogP contribution is 2.18. The molecular formula is C23H43NO3. The third-order valence-corrected chi connectivity index (χ3v) is 5.16. The number of carbonyl (C=O) groups is 2. The van der Waals surface area contributed by atoms with E-state index in [9.17, 15) is 9.59 Å². The lowest BCUT2D eigenvalue weighted by Gasteiger charge is -2.24. The lowest BCUT2D eigenvalue weighted by atomic mass is 9.95. The number of amides is 1. The Morgan fingerprint density at radius 1 is 0.815 bits per heavy atom. The van der Waals surface area contributed by atoms with Gasteiger partial charge in [0.15, 0.2) is 0 Å². The molecule has 1 atom stereocenters. The van der Waals surface area contributed by atoms with Crippen molar-refractivity contribution >= 4 is 11.9 Å². The van der Waals surface area contributed by atoms with Gasteiger partial charge in [-0.3, -0.25) is 9.59 Å². The first-order valence-electron chi connectivity index (χ1n) is 11.2. The van der Waals surface area contributed by atoms with Gasteiger partial charge in [0.05, 0.1) is 6.42 Å². The van der Waals surface area contributed by atoms with Crippen LogP contribution >= 0.6 is 0 Å². The van der Waals surface area contributed by atoms with Crippen LogP contribution in [0, 0.1) is 5.92 Å².